The van der Waals surface area contributed by atoms with Crippen molar-refractivity contribution in [3.8, 4) is 5.75 Å². The summed E-state index contributed by atoms with van der Waals surface area (Å²) in [7, 11) is 0. The van der Waals surface area contributed by atoms with Crippen LogP contribution in [0.1, 0.15) is 39.2 Å². The van der Waals surface area contributed by atoms with Gasteiger partial charge in [0.25, 0.3) is 5.91 Å². The summed E-state index contributed by atoms with van der Waals surface area (Å²) in [6, 6.07) is 5.78. The molecular formula is C16H25ClN2O2. The summed E-state index contributed by atoms with van der Waals surface area (Å²) in [6.45, 7) is 7.80. The highest BCUT2D eigenvalue weighted by Crippen LogP contribution is 2.25. The Morgan fingerprint density at radius 3 is 2.76 bits per heavy atom. The Kier molecular flexibility index (Phi) is 8.16. The van der Waals surface area contributed by atoms with Crippen molar-refractivity contribution >= 4 is 17.5 Å². The van der Waals surface area contributed by atoms with E-state index in [1.807, 2.05) is 19.1 Å². The van der Waals surface area contributed by atoms with E-state index in [1.165, 1.54) is 0 Å². The van der Waals surface area contributed by atoms with Crippen molar-refractivity contribution in [2.45, 2.75) is 46.2 Å². The average Bonchev–Trinajstić information content (AvgIpc) is 2.44. The highest BCUT2D eigenvalue weighted by atomic mass is 35.5. The van der Waals surface area contributed by atoms with Crippen molar-refractivity contribution in [1.29, 1.82) is 0 Å². The summed E-state index contributed by atoms with van der Waals surface area (Å²) in [6.07, 6.45) is 2.01. The third-order valence-corrected chi connectivity index (χ3v) is 3.36. The molecule has 4 nitrogen and oxygen atoms in total. The van der Waals surface area contributed by atoms with Crippen LogP contribution in [0.2, 0.25) is 5.02 Å². The van der Waals surface area contributed by atoms with Gasteiger partial charge in [0.1, 0.15) is 5.75 Å². The molecule has 1 rings (SSSR count). The minimum atomic E-state index is -0.122. The first-order valence-electron chi connectivity index (χ1n) is 7.48. The molecule has 0 bridgehead atoms. The molecule has 0 spiro atoms. The van der Waals surface area contributed by atoms with Crippen LogP contribution in [0.15, 0.2) is 18.2 Å². The number of hydrogen-bond donors (Lipinski definition) is 2. The minimum Gasteiger partial charge on any atom is -0.482 e. The molecule has 0 aliphatic carbocycles. The quantitative estimate of drug-likeness (QED) is 0.736. The van der Waals surface area contributed by atoms with Gasteiger partial charge in [-0.2, -0.15) is 0 Å². The normalized spacial score (nSPS) is 12.0. The highest BCUT2D eigenvalue weighted by Gasteiger charge is 2.09. The Hall–Kier alpha value is -1.26. The molecule has 0 heterocycles. The Labute approximate surface area is 132 Å². The zero-order valence-electron chi connectivity index (χ0n) is 13.0. The molecule has 0 fully saturated rings. The lowest BCUT2D eigenvalue weighted by Crippen LogP contribution is -2.35. The van der Waals surface area contributed by atoms with Crippen LogP contribution in [0.5, 0.6) is 5.75 Å². The third-order valence-electron chi connectivity index (χ3n) is 3.06. The topological polar surface area (TPSA) is 50.4 Å². The predicted octanol–water partition coefficient (Wildman–Crippen LogP) is 3.13. The number of benzene rings is 1. The number of rotatable bonds is 9. The first-order valence-corrected chi connectivity index (χ1v) is 7.85. The van der Waals surface area contributed by atoms with Crippen molar-refractivity contribution < 1.29 is 9.53 Å². The first-order chi connectivity index (χ1) is 10.1. The van der Waals surface area contributed by atoms with E-state index in [9.17, 15) is 4.79 Å². The van der Waals surface area contributed by atoms with E-state index < -0.39 is 0 Å². The van der Waals surface area contributed by atoms with Crippen LogP contribution in [-0.4, -0.2) is 25.1 Å². The van der Waals surface area contributed by atoms with Crippen molar-refractivity contribution in [2.75, 3.05) is 13.2 Å². The molecule has 0 aliphatic heterocycles. The molecule has 0 aromatic heterocycles. The van der Waals surface area contributed by atoms with Gasteiger partial charge >= 0.3 is 0 Å². The molecule has 0 saturated carbocycles. The molecule has 1 aromatic rings. The van der Waals surface area contributed by atoms with E-state index in [2.05, 4.69) is 24.5 Å². The van der Waals surface area contributed by atoms with E-state index in [-0.39, 0.29) is 18.6 Å². The van der Waals surface area contributed by atoms with E-state index in [1.54, 1.807) is 6.07 Å². The molecular weight excluding hydrogens is 288 g/mol. The summed E-state index contributed by atoms with van der Waals surface area (Å²) in [5, 5.41) is 6.65. The molecule has 1 atom stereocenters. The van der Waals surface area contributed by atoms with Gasteiger partial charge in [0, 0.05) is 12.6 Å². The number of hydrogen-bond acceptors (Lipinski definition) is 3. The van der Waals surface area contributed by atoms with Gasteiger partial charge in [-0.1, -0.05) is 37.9 Å². The Morgan fingerprint density at radius 1 is 1.38 bits per heavy atom. The fourth-order valence-corrected chi connectivity index (χ4v) is 2.26. The van der Waals surface area contributed by atoms with Crippen molar-refractivity contribution in [2.24, 2.45) is 0 Å². The van der Waals surface area contributed by atoms with Gasteiger partial charge in [0.15, 0.2) is 6.61 Å². The number of amides is 1. The maximum absolute atomic E-state index is 11.7. The summed E-state index contributed by atoms with van der Waals surface area (Å²) in [4.78, 5) is 11.7. The van der Waals surface area contributed by atoms with Gasteiger partial charge in [-0.05, 0) is 37.6 Å². The van der Waals surface area contributed by atoms with E-state index in [0.29, 0.717) is 10.8 Å². The molecule has 1 amide bonds. The lowest BCUT2D eigenvalue weighted by Gasteiger charge is -2.14. The summed E-state index contributed by atoms with van der Waals surface area (Å²) in [5.74, 6) is 0.416. The second kappa shape index (κ2) is 9.64. The molecule has 1 aromatic carbocycles. The number of nitrogens with one attached hydrogen (secondary N) is 2. The summed E-state index contributed by atoms with van der Waals surface area (Å²) >= 11 is 6.16. The van der Waals surface area contributed by atoms with Gasteiger partial charge < -0.3 is 15.4 Å². The van der Waals surface area contributed by atoms with E-state index in [0.717, 1.165) is 31.5 Å². The van der Waals surface area contributed by atoms with Crippen LogP contribution in [0, 0.1) is 0 Å². The summed E-state index contributed by atoms with van der Waals surface area (Å²) < 4.78 is 5.47. The largest absolute Gasteiger partial charge is 0.482 e. The molecule has 1 unspecified atom stereocenters. The van der Waals surface area contributed by atoms with Crippen LogP contribution < -0.4 is 15.4 Å². The molecule has 0 saturated heterocycles. The Bertz CT molecular complexity index is 452. The number of carbonyl (C=O) groups is 1. The van der Waals surface area contributed by atoms with Gasteiger partial charge in [-0.3, -0.25) is 4.79 Å². The van der Waals surface area contributed by atoms with Crippen LogP contribution in [0.4, 0.5) is 0 Å². The van der Waals surface area contributed by atoms with Crippen LogP contribution in [0.3, 0.4) is 0 Å². The smallest absolute Gasteiger partial charge is 0.258 e. The molecule has 0 aliphatic rings. The SMILES string of the molecule is CCCC(C)NC(=O)COc1ccc(CNCC)cc1Cl. The molecule has 5 heteroatoms. The number of halogens is 1. The predicted molar refractivity (Wildman–Crippen MR) is 86.8 cm³/mol. The van der Waals surface area contributed by atoms with Crippen molar-refractivity contribution in [3.63, 3.8) is 0 Å². The molecule has 118 valence electrons. The maximum atomic E-state index is 11.7. The lowest BCUT2D eigenvalue weighted by molar-refractivity contribution is -0.123. The van der Waals surface area contributed by atoms with E-state index in [4.69, 9.17) is 16.3 Å². The average molecular weight is 313 g/mol. The Balaban J connectivity index is 2.46. The molecule has 2 N–H and O–H groups in total. The standard InChI is InChI=1S/C16H25ClN2O2/c1-4-6-12(3)19-16(20)11-21-15-8-7-13(9-14(15)17)10-18-5-2/h7-9,12,18H,4-6,10-11H2,1-3H3,(H,19,20). The van der Waals surface area contributed by atoms with Crippen molar-refractivity contribution in [3.05, 3.63) is 28.8 Å². The molecule has 21 heavy (non-hydrogen) atoms. The Morgan fingerprint density at radius 2 is 2.14 bits per heavy atom. The fourth-order valence-electron chi connectivity index (χ4n) is 2.01. The second-order valence-corrected chi connectivity index (χ2v) is 5.50. The maximum Gasteiger partial charge on any atom is 0.258 e. The zero-order valence-corrected chi connectivity index (χ0v) is 13.8. The van der Waals surface area contributed by atoms with Gasteiger partial charge in [0.2, 0.25) is 0 Å². The lowest BCUT2D eigenvalue weighted by atomic mass is 10.2. The summed E-state index contributed by atoms with van der Waals surface area (Å²) in [5.41, 5.74) is 1.09. The number of carbonyl (C=O) groups excluding carboxylic acids is 1. The van der Waals surface area contributed by atoms with Gasteiger partial charge in [-0.25, -0.2) is 0 Å². The second-order valence-electron chi connectivity index (χ2n) is 5.09. The first kappa shape index (κ1) is 17.8. The van der Waals surface area contributed by atoms with Crippen LogP contribution >= 0.6 is 11.6 Å². The van der Waals surface area contributed by atoms with Gasteiger partial charge in [-0.15, -0.1) is 0 Å². The highest BCUT2D eigenvalue weighted by molar-refractivity contribution is 6.32. The zero-order chi connectivity index (χ0) is 15.7. The van der Waals surface area contributed by atoms with Gasteiger partial charge in [0.05, 0.1) is 5.02 Å². The van der Waals surface area contributed by atoms with Crippen LogP contribution in [0.25, 0.3) is 0 Å². The monoisotopic (exact) mass is 312 g/mol. The molecule has 0 radical (unpaired) electrons. The van der Waals surface area contributed by atoms with Crippen LogP contribution in [-0.2, 0) is 11.3 Å². The van der Waals surface area contributed by atoms with E-state index >= 15 is 0 Å². The minimum absolute atomic E-state index is 0.0136. The van der Waals surface area contributed by atoms with Crippen molar-refractivity contribution in [1.82, 2.24) is 10.6 Å². The third kappa shape index (κ3) is 6.82. The number of ether oxygens (including phenoxy) is 1. The fraction of sp³-hybridized carbons (Fsp3) is 0.562.